The van der Waals surface area contributed by atoms with E-state index in [0.29, 0.717) is 23.4 Å². The van der Waals surface area contributed by atoms with Gasteiger partial charge in [0, 0.05) is 11.0 Å². The first-order chi connectivity index (χ1) is 15.4. The van der Waals surface area contributed by atoms with Crippen LogP contribution in [0.5, 0.6) is 11.5 Å². The first-order valence-electron chi connectivity index (χ1n) is 10.6. The van der Waals surface area contributed by atoms with E-state index in [1.165, 1.54) is 18.1 Å². The number of rotatable bonds is 3. The van der Waals surface area contributed by atoms with Crippen LogP contribution in [-0.4, -0.2) is 39.8 Å². The zero-order chi connectivity index (χ0) is 22.6. The predicted octanol–water partition coefficient (Wildman–Crippen LogP) is 3.98. The predicted molar refractivity (Wildman–Crippen MR) is 121 cm³/mol. The molecule has 1 aromatic carbocycles. The van der Waals surface area contributed by atoms with Crippen LogP contribution >= 0.6 is 15.9 Å². The molecule has 32 heavy (non-hydrogen) atoms. The summed E-state index contributed by atoms with van der Waals surface area (Å²) in [4.78, 5) is 33.5. The molecule has 0 radical (unpaired) electrons. The second-order valence-electron chi connectivity index (χ2n) is 8.48. The number of pyridine rings is 1. The minimum atomic E-state index is -0.717. The third-order valence-corrected chi connectivity index (χ3v) is 7.28. The lowest BCUT2D eigenvalue weighted by Gasteiger charge is -2.37. The molecule has 3 heterocycles. The highest BCUT2D eigenvalue weighted by Crippen LogP contribution is 2.49. The number of benzene rings is 1. The molecule has 1 aliphatic carbocycles. The van der Waals surface area contributed by atoms with Crippen molar-refractivity contribution in [3.63, 3.8) is 0 Å². The minimum absolute atomic E-state index is 0.0179. The van der Waals surface area contributed by atoms with Crippen LogP contribution in [-0.2, 0) is 14.3 Å². The third kappa shape index (κ3) is 3.28. The van der Waals surface area contributed by atoms with E-state index in [4.69, 9.17) is 9.47 Å². The van der Waals surface area contributed by atoms with Gasteiger partial charge in [-0.1, -0.05) is 22.0 Å². The van der Waals surface area contributed by atoms with Gasteiger partial charge in [0.05, 0.1) is 24.6 Å². The number of Topliss-reactive ketones (excluding diaryl/α,β-unsaturated/α-hetero) is 1. The topological polar surface area (TPSA) is 89.0 Å². The summed E-state index contributed by atoms with van der Waals surface area (Å²) in [6, 6.07) is 7.80. The summed E-state index contributed by atoms with van der Waals surface area (Å²) in [5.74, 6) is 0.0800. The molecule has 1 fully saturated rings. The average molecular weight is 499 g/mol. The smallest absolute Gasteiger partial charge is 0.295 e. The van der Waals surface area contributed by atoms with Gasteiger partial charge in [-0.3, -0.25) is 14.5 Å². The van der Waals surface area contributed by atoms with Gasteiger partial charge in [-0.15, -0.1) is 0 Å². The van der Waals surface area contributed by atoms with Crippen molar-refractivity contribution in [1.29, 1.82) is 0 Å². The maximum absolute atomic E-state index is 13.7. The van der Waals surface area contributed by atoms with Crippen molar-refractivity contribution >= 4 is 33.4 Å². The largest absolute Gasteiger partial charge is 0.504 e. The molecule has 5 rings (SSSR count). The number of aryl methyl sites for hydroxylation is 1. The number of ketones is 1. The first kappa shape index (κ1) is 21.0. The highest BCUT2D eigenvalue weighted by atomic mass is 79.9. The molecular formula is C24H23BrN2O5. The summed E-state index contributed by atoms with van der Waals surface area (Å²) in [6.45, 7) is 1.92. The molecule has 1 amide bonds. The fraction of sp³-hybridized carbons (Fsp3) is 0.375. The fourth-order valence-corrected chi connectivity index (χ4v) is 5.55. The van der Waals surface area contributed by atoms with Gasteiger partial charge in [0.15, 0.2) is 23.0 Å². The molecule has 4 unspecified atom stereocenters. The quantitative estimate of drug-likeness (QED) is 0.643. The van der Waals surface area contributed by atoms with E-state index in [9.17, 15) is 14.7 Å². The molecule has 4 atom stereocenters. The van der Waals surface area contributed by atoms with E-state index in [1.54, 1.807) is 18.3 Å². The Kier molecular flexibility index (Phi) is 5.20. The fourth-order valence-electron chi connectivity index (χ4n) is 4.88. The van der Waals surface area contributed by atoms with Gasteiger partial charge >= 0.3 is 0 Å². The summed E-state index contributed by atoms with van der Waals surface area (Å²) >= 11 is 3.65. The Balaban J connectivity index is 1.67. The van der Waals surface area contributed by atoms with E-state index in [2.05, 4.69) is 20.9 Å². The van der Waals surface area contributed by atoms with Crippen molar-refractivity contribution in [3.05, 3.63) is 59.0 Å². The number of carbonyl (C=O) groups is 2. The van der Waals surface area contributed by atoms with E-state index in [-0.39, 0.29) is 45.8 Å². The van der Waals surface area contributed by atoms with Crippen LogP contribution in [0.2, 0.25) is 0 Å². The van der Waals surface area contributed by atoms with Crippen LogP contribution in [0.4, 0.5) is 5.82 Å². The molecular weight excluding hydrogens is 476 g/mol. The standard InChI is InChI=1S/C24H23BrN2O5/c1-12-7-8-26-19(9-12)27-21(13-3-5-16(28)18(10-13)31-2)20-22(29)15-11-14(25)4-6-17(15)32-23(20)24(27)30/h3,5,7-10,14-15,17,21,28H,4,6,11H2,1-2H3. The number of carbonyl (C=O) groups excluding carboxylic acids is 2. The maximum atomic E-state index is 13.7. The van der Waals surface area contributed by atoms with Gasteiger partial charge in [-0.05, 0) is 61.6 Å². The van der Waals surface area contributed by atoms with E-state index in [1.807, 2.05) is 19.1 Å². The third-order valence-electron chi connectivity index (χ3n) is 6.45. The van der Waals surface area contributed by atoms with Crippen molar-refractivity contribution in [2.24, 2.45) is 5.92 Å². The van der Waals surface area contributed by atoms with Crippen molar-refractivity contribution in [2.45, 2.75) is 43.2 Å². The van der Waals surface area contributed by atoms with Gasteiger partial charge in [0.25, 0.3) is 5.91 Å². The van der Waals surface area contributed by atoms with E-state index >= 15 is 0 Å². The maximum Gasteiger partial charge on any atom is 0.295 e. The summed E-state index contributed by atoms with van der Waals surface area (Å²) in [6.07, 6.45) is 3.63. The number of fused-ring (bicyclic) bond motifs is 1. The summed E-state index contributed by atoms with van der Waals surface area (Å²) in [7, 11) is 1.46. The zero-order valence-electron chi connectivity index (χ0n) is 17.7. The molecule has 7 nitrogen and oxygen atoms in total. The molecule has 1 aromatic heterocycles. The molecule has 8 heteroatoms. The Morgan fingerprint density at radius 2 is 2.03 bits per heavy atom. The second-order valence-corrected chi connectivity index (χ2v) is 9.78. The number of amides is 1. The number of alkyl halides is 1. The zero-order valence-corrected chi connectivity index (χ0v) is 19.3. The molecule has 166 valence electrons. The summed E-state index contributed by atoms with van der Waals surface area (Å²) in [5.41, 5.74) is 1.94. The average Bonchev–Trinajstić information content (AvgIpc) is 3.07. The number of nitrogens with zero attached hydrogens (tertiary/aromatic N) is 2. The number of anilines is 1. The summed E-state index contributed by atoms with van der Waals surface area (Å²) in [5, 5.41) is 10.1. The van der Waals surface area contributed by atoms with Gasteiger partial charge in [-0.2, -0.15) is 0 Å². The Morgan fingerprint density at radius 1 is 1.22 bits per heavy atom. The molecule has 2 aromatic rings. The van der Waals surface area contributed by atoms with Gasteiger partial charge in [-0.25, -0.2) is 4.98 Å². The lowest BCUT2D eigenvalue weighted by atomic mass is 9.77. The van der Waals surface area contributed by atoms with Crippen molar-refractivity contribution in [1.82, 2.24) is 4.98 Å². The van der Waals surface area contributed by atoms with Crippen molar-refractivity contribution in [2.75, 3.05) is 12.0 Å². The second kappa shape index (κ2) is 7.92. The van der Waals surface area contributed by atoms with Gasteiger partial charge in [0.2, 0.25) is 0 Å². The van der Waals surface area contributed by atoms with Crippen LogP contribution in [0.3, 0.4) is 0 Å². The molecule has 1 N–H and O–H groups in total. The lowest BCUT2D eigenvalue weighted by molar-refractivity contribution is -0.131. The highest BCUT2D eigenvalue weighted by Gasteiger charge is 2.53. The van der Waals surface area contributed by atoms with Crippen molar-refractivity contribution < 1.29 is 24.2 Å². The Labute approximate surface area is 194 Å². The molecule has 1 saturated carbocycles. The Morgan fingerprint density at radius 3 is 2.78 bits per heavy atom. The number of hydrogen-bond donors (Lipinski definition) is 1. The molecule has 3 aliphatic rings. The minimum Gasteiger partial charge on any atom is -0.504 e. The molecule has 2 aliphatic heterocycles. The van der Waals surface area contributed by atoms with Crippen LogP contribution < -0.4 is 9.64 Å². The first-order valence-corrected chi connectivity index (χ1v) is 11.5. The van der Waals surface area contributed by atoms with Crippen molar-refractivity contribution in [3.8, 4) is 11.5 Å². The van der Waals surface area contributed by atoms with Crippen LogP contribution in [0.25, 0.3) is 0 Å². The Bertz CT molecular complexity index is 1150. The normalized spacial score (nSPS) is 27.2. The SMILES string of the molecule is COc1cc(C2C3=C(OC4CCC(Br)CC4C3=O)C(=O)N2c2cc(C)ccn2)ccc1O. The lowest BCUT2D eigenvalue weighted by Crippen LogP contribution is -2.41. The molecule has 0 saturated heterocycles. The number of halogens is 1. The molecule has 0 spiro atoms. The summed E-state index contributed by atoms with van der Waals surface area (Å²) < 4.78 is 11.5. The van der Waals surface area contributed by atoms with Gasteiger partial charge < -0.3 is 14.6 Å². The monoisotopic (exact) mass is 498 g/mol. The van der Waals surface area contributed by atoms with Crippen LogP contribution in [0.1, 0.15) is 36.4 Å². The van der Waals surface area contributed by atoms with Crippen LogP contribution in [0, 0.1) is 12.8 Å². The van der Waals surface area contributed by atoms with E-state index < -0.39 is 6.04 Å². The highest BCUT2D eigenvalue weighted by molar-refractivity contribution is 9.09. The van der Waals surface area contributed by atoms with Crippen LogP contribution in [0.15, 0.2) is 47.9 Å². The number of phenolic OH excluding ortho intramolecular Hbond substituents is 1. The number of ether oxygens (including phenoxy) is 2. The number of phenols is 1. The van der Waals surface area contributed by atoms with Gasteiger partial charge in [0.1, 0.15) is 11.9 Å². The van der Waals surface area contributed by atoms with E-state index in [0.717, 1.165) is 18.4 Å². The Hall–Kier alpha value is -2.87. The number of hydrogen-bond acceptors (Lipinski definition) is 6. The molecule has 0 bridgehead atoms. The number of aromatic hydroxyl groups is 1. The number of aromatic nitrogens is 1. The number of methoxy groups -OCH3 is 1.